The zero-order chi connectivity index (χ0) is 38.4. The minimum atomic E-state index is -4.58. The molecule has 0 unspecified atom stereocenters. The van der Waals surface area contributed by atoms with Gasteiger partial charge in [-0.1, -0.05) is 55.3 Å². The number of ether oxygens (including phenoxy) is 1. The van der Waals surface area contributed by atoms with Crippen molar-refractivity contribution < 1.29 is 42.8 Å². The third-order valence-electron chi connectivity index (χ3n) is 9.20. The van der Waals surface area contributed by atoms with Crippen molar-refractivity contribution in [2.24, 2.45) is 0 Å². The monoisotopic (exact) mass is 767 g/mol. The number of aliphatic hydroxyl groups excluding tert-OH is 3. The van der Waals surface area contributed by atoms with E-state index in [2.05, 4.69) is 25.6 Å². The molecule has 286 valence electrons. The first-order chi connectivity index (χ1) is 26.0. The van der Waals surface area contributed by atoms with Gasteiger partial charge in [0.2, 0.25) is 5.91 Å². The smallest absolute Gasteiger partial charge is 0.394 e. The normalized spacial score (nSPS) is 18.6. The molecule has 2 aromatic carbocycles. The van der Waals surface area contributed by atoms with Gasteiger partial charge in [-0.15, -0.1) is 11.3 Å². The number of thiophene rings is 1. The van der Waals surface area contributed by atoms with Crippen LogP contribution in [0.5, 0.6) is 0 Å². The van der Waals surface area contributed by atoms with E-state index in [0.717, 1.165) is 49.2 Å². The average Bonchev–Trinajstić information content (AvgIpc) is 3.84. The first-order valence-corrected chi connectivity index (χ1v) is 18.3. The number of hydrogen-bond donors (Lipinski definition) is 6. The Morgan fingerprint density at radius 3 is 2.44 bits per heavy atom. The number of aryl methyl sites for hydroxylation is 1. The molecule has 17 heteroatoms. The van der Waals surface area contributed by atoms with Crippen LogP contribution in [0.3, 0.4) is 0 Å². The van der Waals surface area contributed by atoms with E-state index >= 15 is 0 Å². The van der Waals surface area contributed by atoms with Crippen LogP contribution >= 0.6 is 11.3 Å². The quantitative estimate of drug-likeness (QED) is 0.0600. The molecular weight excluding hydrogens is 728 g/mol. The number of imidazole rings is 1. The van der Waals surface area contributed by atoms with E-state index in [9.17, 15) is 38.1 Å². The van der Waals surface area contributed by atoms with Gasteiger partial charge in [0, 0.05) is 35.5 Å². The first-order valence-electron chi connectivity index (χ1n) is 17.5. The highest BCUT2D eigenvalue weighted by Gasteiger charge is 2.44. The van der Waals surface area contributed by atoms with Gasteiger partial charge >= 0.3 is 6.18 Å². The molecule has 7 N–H and O–H groups in total. The molecule has 4 heterocycles. The number of rotatable bonds is 16. The fraction of sp³-hybridized carbons (Fsp3) is 0.378. The molecule has 13 nitrogen and oxygen atoms in total. The number of anilines is 2. The molecule has 54 heavy (non-hydrogen) atoms. The van der Waals surface area contributed by atoms with Crippen LogP contribution in [0.2, 0.25) is 0 Å². The van der Waals surface area contributed by atoms with Gasteiger partial charge in [0.1, 0.15) is 24.6 Å². The predicted octanol–water partition coefficient (Wildman–Crippen LogP) is 4.72. The Balaban J connectivity index is 0.983. The van der Waals surface area contributed by atoms with Crippen LogP contribution in [0.15, 0.2) is 67.3 Å². The maximum Gasteiger partial charge on any atom is 0.416 e. The number of ketones is 1. The number of benzene rings is 2. The van der Waals surface area contributed by atoms with Crippen LogP contribution in [0.25, 0.3) is 22.3 Å². The molecule has 1 aliphatic heterocycles. The van der Waals surface area contributed by atoms with Crippen molar-refractivity contribution in [2.45, 2.75) is 69.2 Å². The van der Waals surface area contributed by atoms with Gasteiger partial charge in [-0.3, -0.25) is 14.2 Å². The number of nitrogens with one attached hydrogen (secondary N) is 2. The van der Waals surface area contributed by atoms with Crippen LogP contribution in [0.1, 0.15) is 64.7 Å². The standard InChI is InChI=1S/C37H40F3N7O6S/c38-37(39,40)23-12-8-11-22(17-23)27-25(54-33(41)28(27)30(50)21-9-4-3-5-10-21)13-14-26(49)42-15-6-1-2-7-16-43-34-29-35(45-19-44-34)47(20-46-29)36-32(52)31(51)24(18-48)53-36/h3-5,8-12,17,19-20,24,31-32,36,48,51-52H,1-2,6-7,13-16,18,41H2,(H,42,49)(H,43,44,45)/t24-,31-,32-,36-/m1/s1. The second kappa shape index (κ2) is 17.0. The lowest BCUT2D eigenvalue weighted by molar-refractivity contribution is -0.137. The van der Waals surface area contributed by atoms with E-state index in [1.54, 1.807) is 30.3 Å². The Bertz CT molecular complexity index is 2080. The minimum Gasteiger partial charge on any atom is -0.394 e. The summed E-state index contributed by atoms with van der Waals surface area (Å²) in [7, 11) is 0. The van der Waals surface area contributed by atoms with Gasteiger partial charge in [0.15, 0.2) is 29.0 Å². The first kappa shape index (κ1) is 38.8. The topological polar surface area (TPSA) is 198 Å². The summed E-state index contributed by atoms with van der Waals surface area (Å²) in [6, 6.07) is 13.2. The summed E-state index contributed by atoms with van der Waals surface area (Å²) >= 11 is 1.10. The number of nitrogens with two attached hydrogens (primary N) is 1. The van der Waals surface area contributed by atoms with Gasteiger partial charge in [0.05, 0.1) is 29.1 Å². The third-order valence-corrected chi connectivity index (χ3v) is 10.3. The van der Waals surface area contributed by atoms with Gasteiger partial charge in [-0.25, -0.2) is 15.0 Å². The Labute approximate surface area is 312 Å². The molecule has 0 radical (unpaired) electrons. The summed E-state index contributed by atoms with van der Waals surface area (Å²) < 4.78 is 48.0. The van der Waals surface area contributed by atoms with Crippen molar-refractivity contribution in [3.63, 3.8) is 0 Å². The molecule has 1 fully saturated rings. The summed E-state index contributed by atoms with van der Waals surface area (Å²) in [6.45, 7) is 0.589. The fourth-order valence-electron chi connectivity index (χ4n) is 6.42. The number of carbonyl (C=O) groups excluding carboxylic acids is 2. The Morgan fingerprint density at radius 2 is 1.72 bits per heavy atom. The lowest BCUT2D eigenvalue weighted by Crippen LogP contribution is -2.33. The highest BCUT2D eigenvalue weighted by molar-refractivity contribution is 7.17. The predicted molar refractivity (Wildman–Crippen MR) is 196 cm³/mol. The minimum absolute atomic E-state index is 0.0619. The summed E-state index contributed by atoms with van der Waals surface area (Å²) in [6.07, 6.45) is -2.72. The summed E-state index contributed by atoms with van der Waals surface area (Å²) in [5, 5.41) is 36.3. The second-order valence-electron chi connectivity index (χ2n) is 12.9. The molecule has 4 atom stereocenters. The Hall–Kier alpha value is -4.94. The number of aliphatic hydroxyl groups is 3. The maximum atomic E-state index is 13.6. The maximum absolute atomic E-state index is 13.6. The van der Waals surface area contributed by atoms with E-state index < -0.39 is 48.7 Å². The zero-order valence-corrected chi connectivity index (χ0v) is 29.8. The lowest BCUT2D eigenvalue weighted by Gasteiger charge is -2.16. The number of unbranched alkanes of at least 4 members (excludes halogenated alkanes) is 3. The zero-order valence-electron chi connectivity index (χ0n) is 29.0. The molecule has 5 aromatic rings. The molecular formula is C37H40F3N7O6S. The molecule has 6 rings (SSSR count). The van der Waals surface area contributed by atoms with E-state index in [0.29, 0.717) is 46.1 Å². The summed E-state index contributed by atoms with van der Waals surface area (Å²) in [5.74, 6) is -0.130. The number of nitrogen functional groups attached to an aromatic ring is 1. The highest BCUT2D eigenvalue weighted by atomic mass is 32.1. The third kappa shape index (κ3) is 8.55. The van der Waals surface area contributed by atoms with Crippen LogP contribution in [0.4, 0.5) is 24.0 Å². The van der Waals surface area contributed by atoms with Crippen LogP contribution in [-0.4, -0.2) is 84.5 Å². The van der Waals surface area contributed by atoms with E-state index in [1.165, 1.54) is 29.4 Å². The molecule has 0 spiro atoms. The van der Waals surface area contributed by atoms with Crippen molar-refractivity contribution in [3.8, 4) is 11.1 Å². The fourth-order valence-corrected chi connectivity index (χ4v) is 7.51. The number of alkyl halides is 3. The second-order valence-corrected chi connectivity index (χ2v) is 14.0. The summed E-state index contributed by atoms with van der Waals surface area (Å²) in [5.41, 5.74) is 7.34. The van der Waals surface area contributed by atoms with E-state index in [-0.39, 0.29) is 34.9 Å². The molecule has 3 aromatic heterocycles. The van der Waals surface area contributed by atoms with Crippen molar-refractivity contribution in [2.75, 3.05) is 30.7 Å². The van der Waals surface area contributed by atoms with Gasteiger partial charge < -0.3 is 36.4 Å². The molecule has 0 aliphatic carbocycles. The number of fused-ring (bicyclic) bond motifs is 1. The number of nitrogens with zero attached hydrogens (tertiary/aromatic N) is 4. The van der Waals surface area contributed by atoms with Gasteiger partial charge in [-0.05, 0) is 37.0 Å². The van der Waals surface area contributed by atoms with Crippen LogP contribution < -0.4 is 16.4 Å². The van der Waals surface area contributed by atoms with Crippen molar-refractivity contribution >= 4 is 45.0 Å². The van der Waals surface area contributed by atoms with Crippen LogP contribution in [-0.2, 0) is 22.1 Å². The number of halogens is 3. The average molecular weight is 768 g/mol. The molecule has 1 aliphatic rings. The molecule has 1 saturated heterocycles. The Kier molecular flexibility index (Phi) is 12.2. The number of carbonyl (C=O) groups is 2. The number of aromatic nitrogens is 4. The molecule has 1 amide bonds. The van der Waals surface area contributed by atoms with Crippen molar-refractivity contribution in [3.05, 3.63) is 88.8 Å². The van der Waals surface area contributed by atoms with E-state index in [4.69, 9.17) is 10.5 Å². The molecule has 0 bridgehead atoms. The Morgan fingerprint density at radius 1 is 0.963 bits per heavy atom. The van der Waals surface area contributed by atoms with Gasteiger partial charge in [0.25, 0.3) is 0 Å². The molecule has 0 saturated carbocycles. The van der Waals surface area contributed by atoms with Crippen molar-refractivity contribution in [1.29, 1.82) is 0 Å². The van der Waals surface area contributed by atoms with Crippen molar-refractivity contribution in [1.82, 2.24) is 24.8 Å². The number of amides is 1. The highest BCUT2D eigenvalue weighted by Crippen LogP contribution is 2.42. The number of hydrogen-bond acceptors (Lipinski definition) is 12. The van der Waals surface area contributed by atoms with Crippen LogP contribution in [0, 0.1) is 0 Å². The van der Waals surface area contributed by atoms with Gasteiger partial charge in [-0.2, -0.15) is 13.2 Å². The lowest BCUT2D eigenvalue weighted by atomic mass is 9.93. The SMILES string of the molecule is Nc1sc(CCC(=O)NCCCCCCNc2ncnc3c2ncn3[C@@H]2O[C@H](CO)[C@@H](O)[C@H]2O)c(-c2cccc(C(F)(F)F)c2)c1C(=O)c1ccccc1. The largest absolute Gasteiger partial charge is 0.416 e. The summed E-state index contributed by atoms with van der Waals surface area (Å²) in [4.78, 5) is 39.8. The van der Waals surface area contributed by atoms with E-state index in [1.807, 2.05) is 0 Å².